The van der Waals surface area contributed by atoms with Crippen LogP contribution in [0.4, 0.5) is 11.4 Å². The normalized spacial score (nSPS) is 20.6. The number of hydrogen-bond donors (Lipinski definition) is 1. The Morgan fingerprint density at radius 3 is 2.38 bits per heavy atom. The maximum Gasteiger partial charge on any atom is 0.257 e. The highest BCUT2D eigenvalue weighted by atomic mass is 35.5. The molecule has 2 aromatic carbocycles. The molecule has 7 heteroatoms. The molecule has 0 spiro atoms. The molecule has 0 bridgehead atoms. The summed E-state index contributed by atoms with van der Waals surface area (Å²) in [4.78, 5) is 40.0. The highest BCUT2D eigenvalue weighted by Crippen LogP contribution is 2.39. The lowest BCUT2D eigenvalue weighted by atomic mass is 9.85. The minimum absolute atomic E-state index is 0.225. The fourth-order valence-electron chi connectivity index (χ4n) is 3.87. The number of ether oxygens (including phenoxy) is 1. The number of fused-ring (bicyclic) bond motifs is 1. The van der Waals surface area contributed by atoms with Crippen molar-refractivity contribution in [1.82, 2.24) is 0 Å². The molecular formula is C22H19ClN2O4. The standard InChI is InChI=1S/C22H19ClN2O4/c1-29-19-11-10-13(23)12-17(19)24-20(26)16-8-4-5-9-18(16)25-21(27)14-6-2-3-7-15(14)22(25)28/h2-5,8-12,14-15H,6-7H2,1H3,(H,24,26)/t14-,15+. The van der Waals surface area contributed by atoms with Crippen LogP contribution in [0.15, 0.2) is 54.6 Å². The Kier molecular flexibility index (Phi) is 5.11. The van der Waals surface area contributed by atoms with E-state index in [4.69, 9.17) is 16.3 Å². The Hall–Kier alpha value is -3.12. The number of allylic oxidation sites excluding steroid dienone is 2. The van der Waals surface area contributed by atoms with Crippen molar-refractivity contribution in [1.29, 1.82) is 0 Å². The van der Waals surface area contributed by atoms with Gasteiger partial charge in [0.25, 0.3) is 5.91 Å². The van der Waals surface area contributed by atoms with E-state index in [1.54, 1.807) is 42.5 Å². The fraction of sp³-hybridized carbons (Fsp3) is 0.227. The molecule has 1 heterocycles. The van der Waals surface area contributed by atoms with Crippen LogP contribution in [0.3, 0.4) is 0 Å². The molecule has 2 aliphatic rings. The van der Waals surface area contributed by atoms with E-state index in [1.807, 2.05) is 12.2 Å². The smallest absolute Gasteiger partial charge is 0.257 e. The molecule has 0 saturated carbocycles. The zero-order valence-electron chi connectivity index (χ0n) is 15.7. The monoisotopic (exact) mass is 410 g/mol. The Morgan fingerprint density at radius 1 is 1.07 bits per heavy atom. The van der Waals surface area contributed by atoms with Gasteiger partial charge in [-0.15, -0.1) is 0 Å². The van der Waals surface area contributed by atoms with Gasteiger partial charge in [0.05, 0.1) is 35.9 Å². The van der Waals surface area contributed by atoms with Gasteiger partial charge in [-0.3, -0.25) is 14.4 Å². The molecular weight excluding hydrogens is 392 g/mol. The Labute approximate surface area is 173 Å². The number of benzene rings is 2. The van der Waals surface area contributed by atoms with E-state index in [0.717, 1.165) is 4.90 Å². The summed E-state index contributed by atoms with van der Waals surface area (Å²) in [5.41, 5.74) is 0.912. The average Bonchev–Trinajstić information content (AvgIpc) is 2.99. The fourth-order valence-corrected chi connectivity index (χ4v) is 4.04. The molecule has 29 heavy (non-hydrogen) atoms. The molecule has 3 amide bonds. The second kappa shape index (κ2) is 7.72. The van der Waals surface area contributed by atoms with Crippen molar-refractivity contribution >= 4 is 40.7 Å². The summed E-state index contributed by atoms with van der Waals surface area (Å²) >= 11 is 6.04. The van der Waals surface area contributed by atoms with Gasteiger partial charge in [0.15, 0.2) is 0 Å². The van der Waals surface area contributed by atoms with Gasteiger partial charge < -0.3 is 10.1 Å². The number of carbonyl (C=O) groups is 3. The van der Waals surface area contributed by atoms with Crippen LogP contribution in [0.5, 0.6) is 5.75 Å². The average molecular weight is 411 g/mol. The second-order valence-corrected chi connectivity index (χ2v) is 7.42. The van der Waals surface area contributed by atoms with E-state index in [9.17, 15) is 14.4 Å². The number of methoxy groups -OCH3 is 1. The van der Waals surface area contributed by atoms with Crippen molar-refractivity contribution in [2.24, 2.45) is 11.8 Å². The lowest BCUT2D eigenvalue weighted by Gasteiger charge is -2.19. The number of rotatable bonds is 4. The van der Waals surface area contributed by atoms with E-state index in [1.165, 1.54) is 7.11 Å². The third-order valence-corrected chi connectivity index (χ3v) is 5.54. The molecule has 6 nitrogen and oxygen atoms in total. The van der Waals surface area contributed by atoms with Gasteiger partial charge in [0, 0.05) is 5.02 Å². The van der Waals surface area contributed by atoms with Crippen molar-refractivity contribution in [2.75, 3.05) is 17.3 Å². The lowest BCUT2D eigenvalue weighted by molar-refractivity contribution is -0.122. The first kappa shape index (κ1) is 19.2. The maximum atomic E-state index is 13.0. The first-order chi connectivity index (χ1) is 14.0. The van der Waals surface area contributed by atoms with Crippen molar-refractivity contribution in [2.45, 2.75) is 12.8 Å². The Morgan fingerprint density at radius 2 is 1.72 bits per heavy atom. The van der Waals surface area contributed by atoms with Gasteiger partial charge >= 0.3 is 0 Å². The minimum atomic E-state index is -0.463. The lowest BCUT2D eigenvalue weighted by Crippen LogP contribution is -2.33. The molecule has 1 fully saturated rings. The van der Waals surface area contributed by atoms with Crippen LogP contribution in [0.1, 0.15) is 23.2 Å². The van der Waals surface area contributed by atoms with E-state index in [-0.39, 0.29) is 34.9 Å². The first-order valence-electron chi connectivity index (χ1n) is 9.28. The number of imide groups is 1. The molecule has 2 atom stereocenters. The van der Waals surface area contributed by atoms with Crippen molar-refractivity contribution in [3.8, 4) is 5.75 Å². The zero-order valence-corrected chi connectivity index (χ0v) is 16.5. The van der Waals surface area contributed by atoms with E-state index >= 15 is 0 Å². The highest BCUT2D eigenvalue weighted by molar-refractivity contribution is 6.31. The Bertz CT molecular complexity index is 1010. The Balaban J connectivity index is 1.67. The van der Waals surface area contributed by atoms with Gasteiger partial charge in [-0.25, -0.2) is 4.90 Å². The number of halogens is 1. The van der Waals surface area contributed by atoms with Gasteiger partial charge in [-0.2, -0.15) is 0 Å². The molecule has 2 aromatic rings. The molecule has 1 aliphatic heterocycles. The van der Waals surface area contributed by atoms with Gasteiger partial charge in [-0.1, -0.05) is 35.9 Å². The van der Waals surface area contributed by atoms with Crippen molar-refractivity contribution in [3.63, 3.8) is 0 Å². The van der Waals surface area contributed by atoms with E-state index in [2.05, 4.69) is 5.32 Å². The number of carbonyl (C=O) groups excluding carboxylic acids is 3. The first-order valence-corrected chi connectivity index (χ1v) is 9.65. The van der Waals surface area contributed by atoms with Crippen LogP contribution >= 0.6 is 11.6 Å². The van der Waals surface area contributed by atoms with Crippen LogP contribution in [0.25, 0.3) is 0 Å². The van der Waals surface area contributed by atoms with Gasteiger partial charge in [-0.05, 0) is 43.2 Å². The summed E-state index contributed by atoms with van der Waals surface area (Å²) in [6, 6.07) is 11.5. The zero-order chi connectivity index (χ0) is 20.5. The van der Waals surface area contributed by atoms with Gasteiger partial charge in [0.2, 0.25) is 11.8 Å². The van der Waals surface area contributed by atoms with E-state index < -0.39 is 5.91 Å². The predicted octanol–water partition coefficient (Wildman–Crippen LogP) is 4.06. The second-order valence-electron chi connectivity index (χ2n) is 6.98. The quantitative estimate of drug-likeness (QED) is 0.609. The molecule has 1 saturated heterocycles. The summed E-state index contributed by atoms with van der Waals surface area (Å²) in [6.45, 7) is 0. The third kappa shape index (κ3) is 3.40. The number of nitrogens with one attached hydrogen (secondary N) is 1. The molecule has 0 unspecified atom stereocenters. The molecule has 1 N–H and O–H groups in total. The number of hydrogen-bond acceptors (Lipinski definition) is 4. The van der Waals surface area contributed by atoms with Crippen molar-refractivity contribution < 1.29 is 19.1 Å². The molecule has 4 rings (SSSR count). The maximum absolute atomic E-state index is 13.0. The summed E-state index contributed by atoms with van der Waals surface area (Å²) < 4.78 is 5.27. The third-order valence-electron chi connectivity index (χ3n) is 5.31. The molecule has 0 aromatic heterocycles. The number of nitrogens with zero attached hydrogens (tertiary/aromatic N) is 1. The minimum Gasteiger partial charge on any atom is -0.495 e. The van der Waals surface area contributed by atoms with Crippen LogP contribution in [-0.2, 0) is 9.59 Å². The molecule has 1 aliphatic carbocycles. The SMILES string of the molecule is COc1ccc(Cl)cc1NC(=O)c1ccccc1N1C(=O)[C@H]2CC=CC[C@H]2C1=O. The van der Waals surface area contributed by atoms with Crippen LogP contribution < -0.4 is 15.0 Å². The summed E-state index contributed by atoms with van der Waals surface area (Å²) in [7, 11) is 1.49. The number of amides is 3. The van der Waals surface area contributed by atoms with Crippen LogP contribution in [-0.4, -0.2) is 24.8 Å². The number of para-hydroxylation sites is 1. The molecule has 148 valence electrons. The van der Waals surface area contributed by atoms with Gasteiger partial charge in [0.1, 0.15) is 5.75 Å². The largest absolute Gasteiger partial charge is 0.495 e. The van der Waals surface area contributed by atoms with Crippen molar-refractivity contribution in [3.05, 3.63) is 65.2 Å². The van der Waals surface area contributed by atoms with Crippen LogP contribution in [0, 0.1) is 11.8 Å². The summed E-state index contributed by atoms with van der Waals surface area (Å²) in [5.74, 6) is -1.26. The summed E-state index contributed by atoms with van der Waals surface area (Å²) in [5, 5.41) is 3.21. The van der Waals surface area contributed by atoms with Crippen LogP contribution in [0.2, 0.25) is 5.02 Å². The summed E-state index contributed by atoms with van der Waals surface area (Å²) in [6.07, 6.45) is 4.94. The molecule has 0 radical (unpaired) electrons. The highest BCUT2D eigenvalue weighted by Gasteiger charge is 2.48. The topological polar surface area (TPSA) is 75.7 Å². The predicted molar refractivity (Wildman–Crippen MR) is 110 cm³/mol. The number of anilines is 2. The van der Waals surface area contributed by atoms with E-state index in [0.29, 0.717) is 29.3 Å².